The van der Waals surface area contributed by atoms with Gasteiger partial charge in [0.15, 0.2) is 0 Å². The summed E-state index contributed by atoms with van der Waals surface area (Å²) >= 11 is 0. The summed E-state index contributed by atoms with van der Waals surface area (Å²) in [4.78, 5) is 22.8. The van der Waals surface area contributed by atoms with E-state index in [1.165, 1.54) is 0 Å². The predicted molar refractivity (Wildman–Crippen MR) is 71.4 cm³/mol. The van der Waals surface area contributed by atoms with Gasteiger partial charge in [-0.3, -0.25) is 4.79 Å². The highest BCUT2D eigenvalue weighted by Gasteiger charge is 2.18. The molecule has 1 amide bonds. The summed E-state index contributed by atoms with van der Waals surface area (Å²) in [6.45, 7) is 4.28. The van der Waals surface area contributed by atoms with Gasteiger partial charge < -0.3 is 15.2 Å². The van der Waals surface area contributed by atoms with Crippen LogP contribution < -0.4 is 10.1 Å². The topological polar surface area (TPSA) is 75.6 Å². The van der Waals surface area contributed by atoms with Crippen LogP contribution in [0.4, 0.5) is 0 Å². The molecule has 1 aromatic carbocycles. The molecule has 0 bridgehead atoms. The van der Waals surface area contributed by atoms with E-state index in [0.29, 0.717) is 24.3 Å². The number of hydrogen-bond donors (Lipinski definition) is 2. The summed E-state index contributed by atoms with van der Waals surface area (Å²) in [6.07, 6.45) is 1.22. The van der Waals surface area contributed by atoms with Crippen molar-refractivity contribution in [2.24, 2.45) is 0 Å². The minimum atomic E-state index is -1.03. The molecule has 5 heteroatoms. The zero-order valence-corrected chi connectivity index (χ0v) is 11.2. The molecule has 1 aromatic rings. The summed E-state index contributed by atoms with van der Waals surface area (Å²) in [5.74, 6) is -0.830. The standard InChI is InChI=1S/C14H19NO4/c1-3-8-19-11-7-5-6-10(9-11)13(16)15-12(4-2)14(17)18/h5-7,9,12H,3-4,8H2,1-2H3,(H,15,16)(H,17,18). The first-order valence-corrected chi connectivity index (χ1v) is 6.35. The van der Waals surface area contributed by atoms with E-state index < -0.39 is 17.9 Å². The molecular formula is C14H19NO4. The summed E-state index contributed by atoms with van der Waals surface area (Å²) in [6, 6.07) is 5.85. The monoisotopic (exact) mass is 265 g/mol. The molecule has 0 aliphatic carbocycles. The van der Waals surface area contributed by atoms with E-state index >= 15 is 0 Å². The Bertz CT molecular complexity index is 445. The molecule has 1 rings (SSSR count). The average molecular weight is 265 g/mol. The fourth-order valence-electron chi connectivity index (χ4n) is 1.53. The smallest absolute Gasteiger partial charge is 0.326 e. The number of carboxylic acids is 1. The fraction of sp³-hybridized carbons (Fsp3) is 0.429. The zero-order chi connectivity index (χ0) is 14.3. The van der Waals surface area contributed by atoms with Gasteiger partial charge in [-0.2, -0.15) is 0 Å². The Labute approximate surface area is 112 Å². The molecule has 0 saturated heterocycles. The van der Waals surface area contributed by atoms with Gasteiger partial charge in [0, 0.05) is 5.56 Å². The average Bonchev–Trinajstić information content (AvgIpc) is 2.42. The third kappa shape index (κ3) is 4.62. The van der Waals surface area contributed by atoms with E-state index in [0.717, 1.165) is 6.42 Å². The van der Waals surface area contributed by atoms with Crippen molar-refractivity contribution < 1.29 is 19.4 Å². The number of carboxylic acid groups (broad SMARTS) is 1. The van der Waals surface area contributed by atoms with Crippen molar-refractivity contribution in [3.05, 3.63) is 29.8 Å². The zero-order valence-electron chi connectivity index (χ0n) is 11.2. The maximum Gasteiger partial charge on any atom is 0.326 e. The highest BCUT2D eigenvalue weighted by atomic mass is 16.5. The molecule has 0 aromatic heterocycles. The van der Waals surface area contributed by atoms with Crippen molar-refractivity contribution in [3.63, 3.8) is 0 Å². The number of hydrogen-bond acceptors (Lipinski definition) is 3. The van der Waals surface area contributed by atoms with Crippen molar-refractivity contribution >= 4 is 11.9 Å². The SMILES string of the molecule is CCCOc1cccc(C(=O)NC(CC)C(=O)O)c1. The third-order valence-electron chi connectivity index (χ3n) is 2.58. The number of nitrogens with one attached hydrogen (secondary N) is 1. The lowest BCUT2D eigenvalue weighted by atomic mass is 10.1. The molecule has 0 heterocycles. The summed E-state index contributed by atoms with van der Waals surface area (Å²) < 4.78 is 5.43. The third-order valence-corrected chi connectivity index (χ3v) is 2.58. The minimum Gasteiger partial charge on any atom is -0.494 e. The van der Waals surface area contributed by atoms with E-state index in [9.17, 15) is 9.59 Å². The Morgan fingerprint density at radius 2 is 2.11 bits per heavy atom. The van der Waals surface area contributed by atoms with E-state index in [4.69, 9.17) is 9.84 Å². The maximum atomic E-state index is 11.9. The van der Waals surface area contributed by atoms with Crippen LogP contribution in [-0.4, -0.2) is 29.6 Å². The second-order valence-electron chi connectivity index (χ2n) is 4.15. The largest absolute Gasteiger partial charge is 0.494 e. The summed E-state index contributed by atoms with van der Waals surface area (Å²) in [7, 11) is 0. The second-order valence-corrected chi connectivity index (χ2v) is 4.15. The number of amides is 1. The quantitative estimate of drug-likeness (QED) is 0.791. The van der Waals surface area contributed by atoms with Crippen LogP contribution in [0.1, 0.15) is 37.0 Å². The summed E-state index contributed by atoms with van der Waals surface area (Å²) in [5.41, 5.74) is 0.397. The summed E-state index contributed by atoms with van der Waals surface area (Å²) in [5, 5.41) is 11.4. The van der Waals surface area contributed by atoms with Gasteiger partial charge in [-0.15, -0.1) is 0 Å². The van der Waals surface area contributed by atoms with Crippen LogP contribution in [0, 0.1) is 0 Å². The Balaban J connectivity index is 2.73. The highest BCUT2D eigenvalue weighted by Crippen LogP contribution is 2.13. The number of carbonyl (C=O) groups excluding carboxylic acids is 1. The normalized spacial score (nSPS) is 11.7. The number of ether oxygens (including phenoxy) is 1. The van der Waals surface area contributed by atoms with Crippen molar-refractivity contribution in [1.29, 1.82) is 0 Å². The van der Waals surface area contributed by atoms with E-state index in [1.54, 1.807) is 31.2 Å². The van der Waals surface area contributed by atoms with Gasteiger partial charge in [0.2, 0.25) is 0 Å². The van der Waals surface area contributed by atoms with Crippen LogP contribution >= 0.6 is 0 Å². The predicted octanol–water partition coefficient (Wildman–Crippen LogP) is 2.07. The highest BCUT2D eigenvalue weighted by molar-refractivity contribution is 5.96. The van der Waals surface area contributed by atoms with Crippen LogP contribution in [0.2, 0.25) is 0 Å². The molecule has 1 atom stereocenters. The van der Waals surface area contributed by atoms with Crippen molar-refractivity contribution in [3.8, 4) is 5.75 Å². The van der Waals surface area contributed by atoms with Gasteiger partial charge in [0.25, 0.3) is 5.91 Å². The molecule has 0 fully saturated rings. The molecule has 0 aliphatic heterocycles. The molecule has 0 radical (unpaired) electrons. The molecule has 0 aliphatic rings. The van der Waals surface area contributed by atoms with Crippen LogP contribution in [0.5, 0.6) is 5.75 Å². The minimum absolute atomic E-state index is 0.340. The first-order valence-electron chi connectivity index (χ1n) is 6.35. The lowest BCUT2D eigenvalue weighted by Gasteiger charge is -2.12. The Morgan fingerprint density at radius 3 is 2.68 bits per heavy atom. The van der Waals surface area contributed by atoms with Gasteiger partial charge in [-0.1, -0.05) is 19.9 Å². The van der Waals surface area contributed by atoms with E-state index in [1.807, 2.05) is 6.92 Å². The maximum absolute atomic E-state index is 11.9. The number of aliphatic carboxylic acids is 1. The molecule has 19 heavy (non-hydrogen) atoms. The van der Waals surface area contributed by atoms with Crippen molar-refractivity contribution in [2.75, 3.05) is 6.61 Å². The molecule has 1 unspecified atom stereocenters. The molecule has 5 nitrogen and oxygen atoms in total. The van der Waals surface area contributed by atoms with Gasteiger partial charge in [0.1, 0.15) is 11.8 Å². The van der Waals surface area contributed by atoms with Gasteiger partial charge in [0.05, 0.1) is 6.61 Å². The molecule has 104 valence electrons. The lowest BCUT2D eigenvalue weighted by molar-refractivity contribution is -0.139. The van der Waals surface area contributed by atoms with Crippen LogP contribution in [-0.2, 0) is 4.79 Å². The van der Waals surface area contributed by atoms with Gasteiger partial charge in [-0.25, -0.2) is 4.79 Å². The Morgan fingerprint density at radius 1 is 1.37 bits per heavy atom. The van der Waals surface area contributed by atoms with Crippen LogP contribution in [0.3, 0.4) is 0 Å². The second kappa shape index (κ2) is 7.41. The number of carbonyl (C=O) groups is 2. The van der Waals surface area contributed by atoms with Crippen molar-refractivity contribution in [2.45, 2.75) is 32.7 Å². The molecule has 0 saturated carbocycles. The molecular weight excluding hydrogens is 246 g/mol. The Hall–Kier alpha value is -2.04. The van der Waals surface area contributed by atoms with Crippen molar-refractivity contribution in [1.82, 2.24) is 5.32 Å². The fourth-order valence-corrected chi connectivity index (χ4v) is 1.53. The molecule has 2 N–H and O–H groups in total. The van der Waals surface area contributed by atoms with Crippen LogP contribution in [0.25, 0.3) is 0 Å². The van der Waals surface area contributed by atoms with E-state index in [2.05, 4.69) is 5.32 Å². The van der Waals surface area contributed by atoms with Gasteiger partial charge >= 0.3 is 5.97 Å². The molecule has 0 spiro atoms. The lowest BCUT2D eigenvalue weighted by Crippen LogP contribution is -2.40. The van der Waals surface area contributed by atoms with Gasteiger partial charge in [-0.05, 0) is 31.0 Å². The Kier molecular flexibility index (Phi) is 5.85. The number of benzene rings is 1. The first kappa shape index (κ1) is 15.0. The number of rotatable bonds is 7. The van der Waals surface area contributed by atoms with E-state index in [-0.39, 0.29) is 0 Å². The first-order chi connectivity index (χ1) is 9.08. The van der Waals surface area contributed by atoms with Crippen LogP contribution in [0.15, 0.2) is 24.3 Å².